The Bertz CT molecular complexity index is 208. The number of hydrogen-bond donors (Lipinski definition) is 1. The number of ether oxygens (including phenoxy) is 1. The number of hydrogen-bond acceptors (Lipinski definition) is 3. The highest BCUT2D eigenvalue weighted by Crippen LogP contribution is 2.31. The Kier molecular flexibility index (Phi) is 3.06. The maximum Gasteiger partial charge on any atom is 0.121 e. The monoisotopic (exact) mass is 212 g/mol. The molecule has 2 rings (SSSR count). The first-order valence-corrected chi connectivity index (χ1v) is 6.17. The molecule has 1 N–H and O–H groups in total. The predicted molar refractivity (Wildman–Crippen MR) is 61.8 cm³/mol. The van der Waals surface area contributed by atoms with E-state index in [0.29, 0.717) is 5.41 Å². The second-order valence-electron chi connectivity index (χ2n) is 5.73. The molecule has 2 heterocycles. The van der Waals surface area contributed by atoms with Crippen LogP contribution in [0.2, 0.25) is 0 Å². The van der Waals surface area contributed by atoms with Gasteiger partial charge in [0.25, 0.3) is 0 Å². The molecule has 0 atom stereocenters. The molecule has 1 spiro atoms. The van der Waals surface area contributed by atoms with E-state index >= 15 is 0 Å². The highest BCUT2D eigenvalue weighted by atomic mass is 16.5. The number of piperidine rings is 1. The van der Waals surface area contributed by atoms with Crippen LogP contribution < -0.4 is 5.32 Å². The van der Waals surface area contributed by atoms with Gasteiger partial charge in [-0.15, -0.1) is 0 Å². The van der Waals surface area contributed by atoms with Crippen LogP contribution in [0.15, 0.2) is 0 Å². The van der Waals surface area contributed by atoms with E-state index in [1.54, 1.807) is 0 Å². The zero-order valence-corrected chi connectivity index (χ0v) is 10.3. The minimum atomic E-state index is 0.00118. The van der Waals surface area contributed by atoms with Crippen molar-refractivity contribution >= 4 is 0 Å². The van der Waals surface area contributed by atoms with Crippen LogP contribution in [0, 0.1) is 5.41 Å². The predicted octanol–water partition coefficient (Wildman–Crippen LogP) is 1.44. The zero-order valence-electron chi connectivity index (χ0n) is 10.3. The summed E-state index contributed by atoms with van der Waals surface area (Å²) in [5, 5.41) is 3.62. The molecule has 88 valence electrons. The van der Waals surface area contributed by atoms with Crippen molar-refractivity contribution in [3.05, 3.63) is 0 Å². The van der Waals surface area contributed by atoms with Crippen LogP contribution in [0.3, 0.4) is 0 Å². The Hall–Kier alpha value is -0.120. The molecular weight excluding hydrogens is 188 g/mol. The van der Waals surface area contributed by atoms with Gasteiger partial charge in [0.1, 0.15) is 5.72 Å². The van der Waals surface area contributed by atoms with Gasteiger partial charge in [-0.3, -0.25) is 5.32 Å². The first-order valence-electron chi connectivity index (χ1n) is 6.17. The largest absolute Gasteiger partial charge is 0.360 e. The van der Waals surface area contributed by atoms with Crippen molar-refractivity contribution in [1.29, 1.82) is 0 Å². The summed E-state index contributed by atoms with van der Waals surface area (Å²) < 4.78 is 6.08. The van der Waals surface area contributed by atoms with Gasteiger partial charge in [0.15, 0.2) is 0 Å². The van der Waals surface area contributed by atoms with Crippen molar-refractivity contribution in [2.24, 2.45) is 5.41 Å². The van der Waals surface area contributed by atoms with Gasteiger partial charge in [-0.1, -0.05) is 20.8 Å². The average Bonchev–Trinajstić information content (AvgIpc) is 2.24. The molecular formula is C12H24N2O. The normalized spacial score (nSPS) is 30.6. The second kappa shape index (κ2) is 4.04. The average molecular weight is 212 g/mol. The standard InChI is InChI=1S/C12H24N2O/c1-4-14-7-5-12(6-8-14)13-9-11(2,3)10-15-12/h13H,4-10H2,1-3H3. The number of nitrogens with zero attached hydrogens (tertiary/aromatic N) is 1. The van der Waals surface area contributed by atoms with Crippen LogP contribution in [-0.4, -0.2) is 43.4 Å². The number of rotatable bonds is 1. The summed E-state index contributed by atoms with van der Waals surface area (Å²) >= 11 is 0. The van der Waals surface area contributed by atoms with Crippen molar-refractivity contribution in [2.45, 2.75) is 39.3 Å². The van der Waals surface area contributed by atoms with Gasteiger partial charge < -0.3 is 9.64 Å². The van der Waals surface area contributed by atoms with Crippen LogP contribution in [0.5, 0.6) is 0 Å². The molecule has 3 heteroatoms. The molecule has 0 aromatic rings. The van der Waals surface area contributed by atoms with Crippen molar-refractivity contribution in [1.82, 2.24) is 10.2 Å². The van der Waals surface area contributed by atoms with Gasteiger partial charge in [0.05, 0.1) is 6.61 Å². The third-order valence-corrected chi connectivity index (χ3v) is 3.74. The van der Waals surface area contributed by atoms with E-state index in [2.05, 4.69) is 31.0 Å². The van der Waals surface area contributed by atoms with E-state index < -0.39 is 0 Å². The molecule has 0 amide bonds. The minimum absolute atomic E-state index is 0.00118. The van der Waals surface area contributed by atoms with Crippen molar-refractivity contribution in [3.63, 3.8) is 0 Å². The summed E-state index contributed by atoms with van der Waals surface area (Å²) in [5.41, 5.74) is 0.300. The van der Waals surface area contributed by atoms with E-state index in [1.807, 2.05) is 0 Å². The summed E-state index contributed by atoms with van der Waals surface area (Å²) in [7, 11) is 0. The van der Waals surface area contributed by atoms with E-state index in [0.717, 1.165) is 26.0 Å². The molecule has 3 nitrogen and oxygen atoms in total. The maximum atomic E-state index is 6.08. The number of nitrogens with one attached hydrogen (secondary N) is 1. The Balaban J connectivity index is 1.89. The summed E-state index contributed by atoms with van der Waals surface area (Å²) in [4.78, 5) is 2.50. The smallest absolute Gasteiger partial charge is 0.121 e. The van der Waals surface area contributed by atoms with Gasteiger partial charge in [-0.05, 0) is 6.54 Å². The van der Waals surface area contributed by atoms with Gasteiger partial charge in [-0.25, -0.2) is 0 Å². The molecule has 2 saturated heterocycles. The van der Waals surface area contributed by atoms with Crippen molar-refractivity contribution in [3.8, 4) is 0 Å². The van der Waals surface area contributed by atoms with Crippen LogP contribution in [0.25, 0.3) is 0 Å². The molecule has 15 heavy (non-hydrogen) atoms. The SMILES string of the molecule is CCN1CCC2(CC1)NCC(C)(C)CO2. The molecule has 2 fully saturated rings. The molecule has 2 aliphatic rings. The first-order chi connectivity index (χ1) is 7.05. The lowest BCUT2D eigenvalue weighted by molar-refractivity contribution is -0.160. The fourth-order valence-electron chi connectivity index (χ4n) is 2.39. The highest BCUT2D eigenvalue weighted by molar-refractivity contribution is 4.91. The van der Waals surface area contributed by atoms with Crippen LogP contribution >= 0.6 is 0 Å². The molecule has 0 aliphatic carbocycles. The van der Waals surface area contributed by atoms with E-state index in [9.17, 15) is 0 Å². The topological polar surface area (TPSA) is 24.5 Å². The molecule has 0 bridgehead atoms. The lowest BCUT2D eigenvalue weighted by Crippen LogP contribution is -2.61. The molecule has 0 aromatic heterocycles. The fraction of sp³-hybridized carbons (Fsp3) is 1.00. The van der Waals surface area contributed by atoms with Gasteiger partial charge in [0, 0.05) is 37.9 Å². The Morgan fingerprint density at radius 3 is 2.40 bits per heavy atom. The zero-order chi connectivity index (χ0) is 10.9. The first kappa shape index (κ1) is 11.4. The van der Waals surface area contributed by atoms with Crippen LogP contribution in [0.1, 0.15) is 33.6 Å². The van der Waals surface area contributed by atoms with Gasteiger partial charge in [-0.2, -0.15) is 0 Å². The second-order valence-corrected chi connectivity index (χ2v) is 5.73. The van der Waals surface area contributed by atoms with E-state index in [4.69, 9.17) is 4.74 Å². The molecule has 2 aliphatic heterocycles. The minimum Gasteiger partial charge on any atom is -0.360 e. The summed E-state index contributed by atoms with van der Waals surface area (Å²) in [5.74, 6) is 0. The van der Waals surface area contributed by atoms with Crippen LogP contribution in [0.4, 0.5) is 0 Å². The van der Waals surface area contributed by atoms with Gasteiger partial charge in [0.2, 0.25) is 0 Å². The molecule has 0 radical (unpaired) electrons. The summed E-state index contributed by atoms with van der Waals surface area (Å²) in [6.07, 6.45) is 2.27. The quantitative estimate of drug-likeness (QED) is 0.712. The highest BCUT2D eigenvalue weighted by Gasteiger charge is 2.40. The van der Waals surface area contributed by atoms with Crippen molar-refractivity contribution in [2.75, 3.05) is 32.8 Å². The molecule has 0 saturated carbocycles. The summed E-state index contributed by atoms with van der Waals surface area (Å²) in [6.45, 7) is 12.2. The lowest BCUT2D eigenvalue weighted by atomic mass is 9.89. The third kappa shape index (κ3) is 2.52. The fourth-order valence-corrected chi connectivity index (χ4v) is 2.39. The van der Waals surface area contributed by atoms with E-state index in [1.165, 1.54) is 19.6 Å². The summed E-state index contributed by atoms with van der Waals surface area (Å²) in [6, 6.07) is 0. The number of likely N-dealkylation sites (tertiary alicyclic amines) is 1. The maximum absolute atomic E-state index is 6.08. The van der Waals surface area contributed by atoms with E-state index in [-0.39, 0.29) is 5.72 Å². The molecule has 0 unspecified atom stereocenters. The Morgan fingerprint density at radius 2 is 1.93 bits per heavy atom. The van der Waals surface area contributed by atoms with Crippen molar-refractivity contribution < 1.29 is 4.74 Å². The third-order valence-electron chi connectivity index (χ3n) is 3.74. The lowest BCUT2D eigenvalue weighted by Gasteiger charge is -2.48. The molecule has 0 aromatic carbocycles. The Labute approximate surface area is 93.2 Å². The van der Waals surface area contributed by atoms with Gasteiger partial charge >= 0.3 is 0 Å². The Morgan fingerprint density at radius 1 is 1.27 bits per heavy atom. The van der Waals surface area contributed by atoms with Crippen LogP contribution in [-0.2, 0) is 4.74 Å².